The zero-order chi connectivity index (χ0) is 17.0. The van der Waals surface area contributed by atoms with E-state index >= 15 is 0 Å². The van der Waals surface area contributed by atoms with Gasteiger partial charge in [-0.3, -0.25) is 0 Å². The molecule has 0 aliphatic rings. The van der Waals surface area contributed by atoms with Crippen LogP contribution in [0, 0.1) is 0 Å². The van der Waals surface area contributed by atoms with Gasteiger partial charge in [0.05, 0.1) is 14.2 Å². The number of benzene rings is 3. The second-order valence-corrected chi connectivity index (χ2v) is 9.75. The second kappa shape index (κ2) is 7.21. The van der Waals surface area contributed by atoms with Crippen molar-refractivity contribution in [3.05, 3.63) is 78.9 Å². The van der Waals surface area contributed by atoms with Gasteiger partial charge in [0.15, 0.2) is 0 Å². The molecule has 3 rings (SSSR count). The molecule has 0 radical (unpaired) electrons. The summed E-state index contributed by atoms with van der Waals surface area (Å²) >= 11 is 6.29. The first-order valence-electron chi connectivity index (χ1n) is 7.63. The molecular weight excluding hydrogens is 335 g/mol. The zero-order valence-corrected chi connectivity index (χ0v) is 15.4. The summed E-state index contributed by atoms with van der Waals surface area (Å²) in [6.45, 7) is 0. The Morgan fingerprint density at radius 2 is 0.958 bits per heavy atom. The van der Waals surface area contributed by atoms with Gasteiger partial charge >= 0.3 is 0 Å². The van der Waals surface area contributed by atoms with Crippen LogP contribution in [0.15, 0.2) is 78.9 Å². The van der Waals surface area contributed by atoms with Crippen LogP contribution in [0.25, 0.3) is 0 Å². The van der Waals surface area contributed by atoms with E-state index in [0.29, 0.717) is 0 Å². The van der Waals surface area contributed by atoms with Crippen molar-refractivity contribution < 1.29 is 9.47 Å². The Hall–Kier alpha value is -2.09. The monoisotopic (exact) mass is 354 g/mol. The molecule has 3 aromatic rings. The smallest absolute Gasteiger partial charge is 0.118 e. The Kier molecular flexibility index (Phi) is 5.03. The fourth-order valence-electron chi connectivity index (χ4n) is 2.67. The van der Waals surface area contributed by atoms with E-state index in [0.717, 1.165) is 22.1 Å². The van der Waals surface area contributed by atoms with E-state index in [-0.39, 0.29) is 0 Å². The Bertz CT molecular complexity index is 792. The Labute approximate surface area is 148 Å². The van der Waals surface area contributed by atoms with E-state index in [1.54, 1.807) is 14.2 Å². The minimum atomic E-state index is -2.11. The third kappa shape index (κ3) is 3.10. The van der Waals surface area contributed by atoms with E-state index in [2.05, 4.69) is 36.4 Å². The van der Waals surface area contributed by atoms with Crippen LogP contribution in [0.4, 0.5) is 0 Å². The minimum Gasteiger partial charge on any atom is -0.497 e. The van der Waals surface area contributed by atoms with Gasteiger partial charge in [-0.2, -0.15) is 0 Å². The summed E-state index contributed by atoms with van der Waals surface area (Å²) in [5.41, 5.74) is 0. The molecule has 122 valence electrons. The summed E-state index contributed by atoms with van der Waals surface area (Å²) in [6.07, 6.45) is 0. The van der Waals surface area contributed by atoms with Crippen LogP contribution >= 0.6 is 6.04 Å². The van der Waals surface area contributed by atoms with Gasteiger partial charge in [0.1, 0.15) is 11.5 Å². The van der Waals surface area contributed by atoms with Gasteiger partial charge in [-0.05, 0) is 64.4 Å². The molecule has 0 amide bonds. The highest BCUT2D eigenvalue weighted by atomic mass is 32.4. The van der Waals surface area contributed by atoms with Gasteiger partial charge in [0, 0.05) is 6.04 Å². The van der Waals surface area contributed by atoms with Gasteiger partial charge in [0.2, 0.25) is 0 Å². The standard InChI is InChI=1S/C20H19O2PS/c1-21-16-8-12-19(13-9-16)23(24,18-6-4-3-5-7-18)20-14-10-17(22-2)11-15-20/h3-15H,1-2H3. The van der Waals surface area contributed by atoms with Gasteiger partial charge in [-0.15, -0.1) is 0 Å². The molecule has 0 unspecified atom stereocenters. The highest BCUT2D eigenvalue weighted by Gasteiger charge is 2.24. The lowest BCUT2D eigenvalue weighted by atomic mass is 10.3. The van der Waals surface area contributed by atoms with Crippen molar-refractivity contribution in [3.63, 3.8) is 0 Å². The maximum atomic E-state index is 6.29. The number of ether oxygens (including phenoxy) is 2. The molecule has 4 heteroatoms. The Morgan fingerprint density at radius 1 is 0.583 bits per heavy atom. The third-order valence-corrected chi connectivity index (χ3v) is 8.97. The maximum Gasteiger partial charge on any atom is 0.118 e. The summed E-state index contributed by atoms with van der Waals surface area (Å²) in [4.78, 5) is 0. The van der Waals surface area contributed by atoms with Crippen LogP contribution in [0.5, 0.6) is 11.5 Å². The largest absolute Gasteiger partial charge is 0.497 e. The molecule has 0 spiro atoms. The Balaban J connectivity index is 2.18. The van der Waals surface area contributed by atoms with Gasteiger partial charge in [0.25, 0.3) is 0 Å². The molecule has 0 aromatic heterocycles. The number of hydrogen-bond donors (Lipinski definition) is 0. The van der Waals surface area contributed by atoms with E-state index in [4.69, 9.17) is 21.3 Å². The van der Waals surface area contributed by atoms with E-state index in [1.807, 2.05) is 42.5 Å². The highest BCUT2D eigenvalue weighted by Crippen LogP contribution is 2.43. The van der Waals surface area contributed by atoms with Crippen molar-refractivity contribution in [1.82, 2.24) is 0 Å². The molecule has 0 bridgehead atoms. The molecule has 0 saturated carbocycles. The van der Waals surface area contributed by atoms with Crippen molar-refractivity contribution >= 4 is 33.8 Å². The Morgan fingerprint density at radius 3 is 1.33 bits per heavy atom. The summed E-state index contributed by atoms with van der Waals surface area (Å²) < 4.78 is 10.6. The molecule has 0 aliphatic heterocycles. The molecule has 0 heterocycles. The second-order valence-electron chi connectivity index (χ2n) is 5.34. The first kappa shape index (κ1) is 16.8. The van der Waals surface area contributed by atoms with Crippen LogP contribution in [-0.2, 0) is 11.8 Å². The lowest BCUT2D eigenvalue weighted by Gasteiger charge is -2.24. The lowest BCUT2D eigenvalue weighted by Crippen LogP contribution is -2.24. The first-order valence-corrected chi connectivity index (χ1v) is 10.4. The maximum absolute atomic E-state index is 6.29. The quantitative estimate of drug-likeness (QED) is 0.654. The predicted molar refractivity (Wildman–Crippen MR) is 106 cm³/mol. The van der Waals surface area contributed by atoms with Crippen LogP contribution in [0.3, 0.4) is 0 Å². The van der Waals surface area contributed by atoms with E-state index in [1.165, 1.54) is 5.30 Å². The summed E-state index contributed by atoms with van der Waals surface area (Å²) in [6, 6.07) is 24.5. The zero-order valence-electron chi connectivity index (χ0n) is 13.7. The fraction of sp³-hybridized carbons (Fsp3) is 0.100. The predicted octanol–water partition coefficient (Wildman–Crippen LogP) is 3.46. The molecule has 0 fully saturated rings. The van der Waals surface area contributed by atoms with Crippen molar-refractivity contribution in [2.24, 2.45) is 0 Å². The van der Waals surface area contributed by atoms with Crippen molar-refractivity contribution in [2.75, 3.05) is 14.2 Å². The molecule has 2 nitrogen and oxygen atoms in total. The first-order chi connectivity index (χ1) is 11.7. The molecule has 0 atom stereocenters. The molecule has 0 aliphatic carbocycles. The number of rotatable bonds is 5. The van der Waals surface area contributed by atoms with E-state index < -0.39 is 6.04 Å². The topological polar surface area (TPSA) is 18.5 Å². The van der Waals surface area contributed by atoms with Gasteiger partial charge in [-0.25, -0.2) is 0 Å². The highest BCUT2D eigenvalue weighted by molar-refractivity contribution is 8.25. The van der Waals surface area contributed by atoms with Crippen LogP contribution in [0.2, 0.25) is 0 Å². The molecule has 24 heavy (non-hydrogen) atoms. The van der Waals surface area contributed by atoms with Gasteiger partial charge < -0.3 is 9.47 Å². The number of hydrogen-bond acceptors (Lipinski definition) is 3. The van der Waals surface area contributed by atoms with Crippen molar-refractivity contribution in [3.8, 4) is 11.5 Å². The molecule has 0 N–H and O–H groups in total. The number of methoxy groups -OCH3 is 2. The van der Waals surface area contributed by atoms with Crippen LogP contribution < -0.4 is 25.4 Å². The molecule has 0 saturated heterocycles. The summed E-state index contributed by atoms with van der Waals surface area (Å²) in [5.74, 6) is 1.67. The molecular formula is C20H19O2PS. The minimum absolute atomic E-state index is 0.836. The van der Waals surface area contributed by atoms with Gasteiger partial charge in [-0.1, -0.05) is 42.1 Å². The third-order valence-electron chi connectivity index (χ3n) is 3.99. The lowest BCUT2D eigenvalue weighted by molar-refractivity contribution is 0.415. The average Bonchev–Trinajstić information content (AvgIpc) is 2.68. The fourth-order valence-corrected chi connectivity index (χ4v) is 6.39. The van der Waals surface area contributed by atoms with Crippen molar-refractivity contribution in [2.45, 2.75) is 0 Å². The normalized spacial score (nSPS) is 11.1. The van der Waals surface area contributed by atoms with Crippen molar-refractivity contribution in [1.29, 1.82) is 0 Å². The SMILES string of the molecule is COc1ccc(P(=S)(c2ccccc2)c2ccc(OC)cc2)cc1. The van der Waals surface area contributed by atoms with Crippen LogP contribution in [0.1, 0.15) is 0 Å². The molecule has 3 aromatic carbocycles. The average molecular weight is 354 g/mol. The summed E-state index contributed by atoms with van der Waals surface area (Å²) in [5, 5.41) is 3.47. The van der Waals surface area contributed by atoms with Crippen LogP contribution in [-0.4, -0.2) is 14.2 Å². The summed E-state index contributed by atoms with van der Waals surface area (Å²) in [7, 11) is 3.34. The van der Waals surface area contributed by atoms with E-state index in [9.17, 15) is 0 Å².